The first-order valence-corrected chi connectivity index (χ1v) is 7.40. The normalized spacial score (nSPS) is 11.0. The van der Waals surface area contributed by atoms with E-state index in [9.17, 15) is 0 Å². The lowest BCUT2D eigenvalue weighted by molar-refractivity contribution is 0.107. The Hall–Kier alpha value is -2.66. The minimum absolute atomic E-state index is 0.0971. The standard InChI is InChI=1S/C17H14ClN3O2/c1-12-6-2-3-7-13(12)10-19-22-11-16-20-17(21-23-16)14-8-4-5-9-15(14)18/h2-10H,11H2,1H3/b19-10-. The van der Waals surface area contributed by atoms with Crippen LogP contribution in [0.3, 0.4) is 0 Å². The van der Waals surface area contributed by atoms with E-state index >= 15 is 0 Å². The van der Waals surface area contributed by atoms with Gasteiger partial charge >= 0.3 is 0 Å². The fraction of sp³-hybridized carbons (Fsp3) is 0.118. The van der Waals surface area contributed by atoms with E-state index in [0.717, 1.165) is 11.1 Å². The van der Waals surface area contributed by atoms with Crippen molar-refractivity contribution in [2.75, 3.05) is 0 Å². The zero-order valence-electron chi connectivity index (χ0n) is 12.4. The van der Waals surface area contributed by atoms with E-state index < -0.39 is 0 Å². The molecule has 1 aromatic heterocycles. The second-order valence-electron chi connectivity index (χ2n) is 4.86. The Balaban J connectivity index is 1.62. The van der Waals surface area contributed by atoms with Gasteiger partial charge in [-0.2, -0.15) is 4.98 Å². The van der Waals surface area contributed by atoms with E-state index in [1.54, 1.807) is 12.3 Å². The van der Waals surface area contributed by atoms with Gasteiger partial charge in [-0.15, -0.1) is 0 Å². The maximum absolute atomic E-state index is 6.10. The van der Waals surface area contributed by atoms with Gasteiger partial charge in [-0.05, 0) is 30.2 Å². The summed E-state index contributed by atoms with van der Waals surface area (Å²) in [6.45, 7) is 2.11. The van der Waals surface area contributed by atoms with E-state index in [-0.39, 0.29) is 6.61 Å². The topological polar surface area (TPSA) is 60.5 Å². The van der Waals surface area contributed by atoms with Crippen LogP contribution in [0.2, 0.25) is 5.02 Å². The molecular formula is C17H14ClN3O2. The van der Waals surface area contributed by atoms with Gasteiger partial charge in [0.2, 0.25) is 5.82 Å². The highest BCUT2D eigenvalue weighted by Gasteiger charge is 2.11. The highest BCUT2D eigenvalue weighted by atomic mass is 35.5. The molecule has 0 N–H and O–H groups in total. The van der Waals surface area contributed by atoms with E-state index in [1.807, 2.05) is 49.4 Å². The Morgan fingerprint density at radius 2 is 1.96 bits per heavy atom. The van der Waals surface area contributed by atoms with Gasteiger partial charge < -0.3 is 9.36 Å². The summed E-state index contributed by atoms with van der Waals surface area (Å²) in [4.78, 5) is 9.44. The summed E-state index contributed by atoms with van der Waals surface area (Å²) in [5.74, 6) is 0.763. The van der Waals surface area contributed by atoms with Crippen LogP contribution >= 0.6 is 11.6 Å². The van der Waals surface area contributed by atoms with Crippen molar-refractivity contribution in [1.29, 1.82) is 0 Å². The molecule has 0 aliphatic carbocycles. The first-order chi connectivity index (χ1) is 11.2. The molecule has 3 aromatic rings. The molecule has 0 fully saturated rings. The molecule has 23 heavy (non-hydrogen) atoms. The summed E-state index contributed by atoms with van der Waals surface area (Å²) in [5, 5.41) is 8.38. The molecular weight excluding hydrogens is 314 g/mol. The van der Waals surface area contributed by atoms with Gasteiger partial charge in [0.05, 0.1) is 11.2 Å². The predicted molar refractivity (Wildman–Crippen MR) is 88.3 cm³/mol. The second-order valence-corrected chi connectivity index (χ2v) is 5.26. The Labute approximate surface area is 138 Å². The largest absolute Gasteiger partial charge is 0.386 e. The highest BCUT2D eigenvalue weighted by molar-refractivity contribution is 6.33. The molecule has 3 rings (SSSR count). The van der Waals surface area contributed by atoms with Crippen molar-refractivity contribution in [2.24, 2.45) is 5.16 Å². The summed E-state index contributed by atoms with van der Waals surface area (Å²) in [7, 11) is 0. The van der Waals surface area contributed by atoms with Crippen molar-refractivity contribution in [2.45, 2.75) is 13.5 Å². The fourth-order valence-corrected chi connectivity index (χ4v) is 2.20. The number of aromatic nitrogens is 2. The summed E-state index contributed by atoms with van der Waals surface area (Å²) in [5.41, 5.74) is 2.83. The molecule has 0 radical (unpaired) electrons. The van der Waals surface area contributed by atoms with E-state index in [1.165, 1.54) is 0 Å². The number of oxime groups is 1. The Kier molecular flexibility index (Phi) is 4.68. The average molecular weight is 328 g/mol. The van der Waals surface area contributed by atoms with Crippen LogP contribution < -0.4 is 0 Å². The lowest BCUT2D eigenvalue weighted by Gasteiger charge is -1.98. The van der Waals surface area contributed by atoms with E-state index in [4.69, 9.17) is 21.0 Å². The number of aryl methyl sites for hydroxylation is 1. The van der Waals surface area contributed by atoms with Crippen LogP contribution in [-0.2, 0) is 11.4 Å². The Morgan fingerprint density at radius 3 is 2.78 bits per heavy atom. The summed E-state index contributed by atoms with van der Waals surface area (Å²) in [6.07, 6.45) is 1.65. The third-order valence-corrected chi connectivity index (χ3v) is 3.56. The van der Waals surface area contributed by atoms with Crippen LogP contribution in [0.15, 0.2) is 58.2 Å². The third-order valence-electron chi connectivity index (χ3n) is 3.23. The van der Waals surface area contributed by atoms with Crippen LogP contribution in [0.4, 0.5) is 0 Å². The van der Waals surface area contributed by atoms with Gasteiger partial charge in [0.1, 0.15) is 0 Å². The Morgan fingerprint density at radius 1 is 1.17 bits per heavy atom. The molecule has 0 unspecified atom stereocenters. The minimum atomic E-state index is 0.0971. The summed E-state index contributed by atoms with van der Waals surface area (Å²) < 4.78 is 5.13. The van der Waals surface area contributed by atoms with Crippen molar-refractivity contribution >= 4 is 17.8 Å². The molecule has 1 heterocycles. The molecule has 0 aliphatic heterocycles. The molecule has 116 valence electrons. The number of nitrogens with zero attached hydrogens (tertiary/aromatic N) is 3. The number of halogens is 1. The van der Waals surface area contributed by atoms with Gasteiger partial charge in [0, 0.05) is 5.56 Å². The van der Waals surface area contributed by atoms with Crippen LogP contribution in [0.25, 0.3) is 11.4 Å². The maximum atomic E-state index is 6.10. The summed E-state index contributed by atoms with van der Waals surface area (Å²) in [6, 6.07) is 15.2. The minimum Gasteiger partial charge on any atom is -0.386 e. The van der Waals surface area contributed by atoms with Crippen molar-refractivity contribution in [3.8, 4) is 11.4 Å². The monoisotopic (exact) mass is 327 g/mol. The molecule has 0 spiro atoms. The quantitative estimate of drug-likeness (QED) is 0.519. The van der Waals surface area contributed by atoms with Gasteiger partial charge in [0.15, 0.2) is 6.61 Å². The number of hydrogen-bond donors (Lipinski definition) is 0. The highest BCUT2D eigenvalue weighted by Crippen LogP contribution is 2.24. The van der Waals surface area contributed by atoms with Crippen molar-refractivity contribution in [3.63, 3.8) is 0 Å². The zero-order valence-corrected chi connectivity index (χ0v) is 13.2. The molecule has 0 atom stereocenters. The van der Waals surface area contributed by atoms with Crippen LogP contribution in [0.1, 0.15) is 17.0 Å². The average Bonchev–Trinajstić information content (AvgIpc) is 3.02. The van der Waals surface area contributed by atoms with E-state index in [2.05, 4.69) is 15.3 Å². The number of rotatable bonds is 5. The number of hydrogen-bond acceptors (Lipinski definition) is 5. The molecule has 0 bridgehead atoms. The molecule has 5 nitrogen and oxygen atoms in total. The molecule has 0 aliphatic rings. The number of benzene rings is 2. The first kappa shape index (κ1) is 15.2. The third kappa shape index (κ3) is 3.76. The van der Waals surface area contributed by atoms with Gasteiger partial charge in [-0.3, -0.25) is 0 Å². The molecule has 2 aromatic carbocycles. The van der Waals surface area contributed by atoms with Gasteiger partial charge in [-0.1, -0.05) is 58.3 Å². The van der Waals surface area contributed by atoms with Crippen molar-refractivity contribution in [3.05, 3.63) is 70.6 Å². The van der Waals surface area contributed by atoms with Crippen molar-refractivity contribution < 1.29 is 9.36 Å². The lowest BCUT2D eigenvalue weighted by Crippen LogP contribution is -1.90. The first-order valence-electron chi connectivity index (χ1n) is 7.02. The van der Waals surface area contributed by atoms with Gasteiger partial charge in [-0.25, -0.2) is 0 Å². The second kappa shape index (κ2) is 7.07. The molecule has 0 saturated heterocycles. The van der Waals surface area contributed by atoms with E-state index in [0.29, 0.717) is 22.3 Å². The van der Waals surface area contributed by atoms with Crippen LogP contribution in [0, 0.1) is 6.92 Å². The predicted octanol–water partition coefficient (Wildman–Crippen LogP) is 4.25. The van der Waals surface area contributed by atoms with Crippen LogP contribution in [-0.4, -0.2) is 16.4 Å². The fourth-order valence-electron chi connectivity index (χ4n) is 1.98. The smallest absolute Gasteiger partial charge is 0.267 e. The van der Waals surface area contributed by atoms with Crippen molar-refractivity contribution in [1.82, 2.24) is 10.1 Å². The SMILES string of the molecule is Cc1ccccc1/C=N\OCc1nc(-c2ccccc2Cl)no1. The Bertz CT molecular complexity index is 830. The molecule has 6 heteroatoms. The zero-order chi connectivity index (χ0) is 16.1. The molecule has 0 saturated carbocycles. The molecule has 0 amide bonds. The maximum Gasteiger partial charge on any atom is 0.267 e. The summed E-state index contributed by atoms with van der Waals surface area (Å²) >= 11 is 6.10. The van der Waals surface area contributed by atoms with Gasteiger partial charge in [0.25, 0.3) is 5.89 Å². The van der Waals surface area contributed by atoms with Crippen LogP contribution in [0.5, 0.6) is 0 Å². The lowest BCUT2D eigenvalue weighted by atomic mass is 10.1.